The third-order valence-corrected chi connectivity index (χ3v) is 6.62. The first kappa shape index (κ1) is 31.5. The number of hydrogen-bond acceptors (Lipinski definition) is 4. The molecule has 1 heterocycles. The number of para-hydroxylation sites is 1. The summed E-state index contributed by atoms with van der Waals surface area (Å²) in [6.07, 6.45) is 13.1. The van der Waals surface area contributed by atoms with Crippen molar-refractivity contribution < 1.29 is 40.9 Å². The summed E-state index contributed by atoms with van der Waals surface area (Å²) in [7, 11) is 0. The van der Waals surface area contributed by atoms with E-state index in [1.54, 1.807) is 0 Å². The van der Waals surface area contributed by atoms with Gasteiger partial charge in [0.2, 0.25) is 0 Å². The summed E-state index contributed by atoms with van der Waals surface area (Å²) in [6.45, 7) is 0. The van der Waals surface area contributed by atoms with Gasteiger partial charge in [0.15, 0.2) is 0 Å². The molecule has 2 fully saturated rings. The summed E-state index contributed by atoms with van der Waals surface area (Å²) in [5.74, 6) is -0.154. The van der Waals surface area contributed by atoms with Crippen LogP contribution in [0.1, 0.15) is 70.6 Å². The molecule has 3 aromatic rings. The fourth-order valence-electron chi connectivity index (χ4n) is 4.87. The van der Waals surface area contributed by atoms with Gasteiger partial charge in [-0.05, 0) is 43.1 Å². The van der Waals surface area contributed by atoms with Crippen molar-refractivity contribution in [3.05, 3.63) is 54.7 Å². The maximum absolute atomic E-state index is 10.3. The Labute approximate surface area is 227 Å². The van der Waals surface area contributed by atoms with Crippen molar-refractivity contribution in [2.24, 2.45) is 5.92 Å². The number of pyridine rings is 1. The first-order valence-electron chi connectivity index (χ1n) is 12.5. The largest absolute Gasteiger partial charge is 0.481 e. The zero-order valence-corrected chi connectivity index (χ0v) is 23.1. The molecule has 2 aromatic carbocycles. The molecule has 6 N–H and O–H groups in total. The minimum Gasteiger partial charge on any atom is -0.481 e. The number of carbonyl (C=O) groups is 2. The average molecular weight is 677 g/mol. The van der Waals surface area contributed by atoms with Crippen molar-refractivity contribution in [1.29, 1.82) is 0 Å². The van der Waals surface area contributed by atoms with Gasteiger partial charge in [-0.25, -0.2) is 4.79 Å². The number of aliphatic carboxylic acids is 1. The number of nitrogens with one attached hydrogen (secondary N) is 1. The van der Waals surface area contributed by atoms with E-state index in [0.29, 0.717) is 12.3 Å². The quantitative estimate of drug-likeness (QED) is 0.217. The van der Waals surface area contributed by atoms with E-state index in [4.69, 9.17) is 10.2 Å². The van der Waals surface area contributed by atoms with Crippen LogP contribution >= 0.6 is 0 Å². The Morgan fingerprint density at radius 2 is 1.36 bits per heavy atom. The van der Waals surface area contributed by atoms with Crippen LogP contribution in [0.5, 0.6) is 0 Å². The Morgan fingerprint density at radius 1 is 0.806 bits per heavy atom. The standard InChI is InChI=1S/C13H9N.C8H14O2.C7H13NO2.H3N.Pt/c1-2-6-11-10(5-1)9-14-13-8-4-3-7-12(11)13;9-8(10)6-7-4-2-1-3-5-7;9-7(10)8-6-4-2-1-3-5-6;;/h1-9H;7H,1-6H2,(H,9,10);6,8H,1-5H2,(H,9,10);1H3;. The van der Waals surface area contributed by atoms with Crippen LogP contribution in [-0.4, -0.2) is 33.3 Å². The molecule has 0 unspecified atom stereocenters. The summed E-state index contributed by atoms with van der Waals surface area (Å²) < 4.78 is 0. The number of nitrogens with zero attached hydrogens (tertiary/aromatic N) is 1. The van der Waals surface area contributed by atoms with E-state index in [2.05, 4.69) is 40.6 Å². The number of aromatic nitrogens is 1. The fourth-order valence-corrected chi connectivity index (χ4v) is 4.87. The average Bonchev–Trinajstić information content (AvgIpc) is 2.85. The van der Waals surface area contributed by atoms with Crippen molar-refractivity contribution in [2.45, 2.75) is 76.7 Å². The summed E-state index contributed by atoms with van der Waals surface area (Å²) in [4.78, 5) is 24.8. The Balaban J connectivity index is 0.000000269. The molecule has 2 aliphatic carbocycles. The smallest absolute Gasteiger partial charge is 0.404 e. The molecule has 0 atom stereocenters. The predicted molar refractivity (Wildman–Crippen MR) is 141 cm³/mol. The Hall–Kier alpha value is -2.50. The first-order chi connectivity index (χ1) is 16.5. The van der Waals surface area contributed by atoms with E-state index in [1.807, 2.05) is 24.4 Å². The molecule has 0 aliphatic heterocycles. The van der Waals surface area contributed by atoms with Crippen LogP contribution in [0, 0.1) is 5.92 Å². The maximum Gasteiger partial charge on any atom is 0.404 e. The van der Waals surface area contributed by atoms with Gasteiger partial charge in [0.25, 0.3) is 0 Å². The van der Waals surface area contributed by atoms with E-state index < -0.39 is 12.1 Å². The normalized spacial score (nSPS) is 15.7. The van der Waals surface area contributed by atoms with E-state index >= 15 is 0 Å². The van der Waals surface area contributed by atoms with Gasteiger partial charge in [-0.15, -0.1) is 0 Å². The van der Waals surface area contributed by atoms with Crippen molar-refractivity contribution in [1.82, 2.24) is 16.5 Å². The van der Waals surface area contributed by atoms with E-state index in [1.165, 1.54) is 54.7 Å². The number of fused-ring (bicyclic) bond motifs is 3. The van der Waals surface area contributed by atoms with Crippen LogP contribution in [0.2, 0.25) is 0 Å². The fraction of sp³-hybridized carbons (Fsp3) is 0.464. The maximum atomic E-state index is 10.3. The number of carboxylic acid groups (broad SMARTS) is 2. The molecule has 0 bridgehead atoms. The Kier molecular flexibility index (Phi) is 14.9. The van der Waals surface area contributed by atoms with Gasteiger partial charge < -0.3 is 21.7 Å². The van der Waals surface area contributed by atoms with E-state index in [0.717, 1.165) is 31.2 Å². The van der Waals surface area contributed by atoms with Gasteiger partial charge in [0, 0.05) is 50.5 Å². The third kappa shape index (κ3) is 10.6. The van der Waals surface area contributed by atoms with Crippen molar-refractivity contribution in [3.63, 3.8) is 0 Å². The zero-order chi connectivity index (χ0) is 24.2. The molecule has 200 valence electrons. The van der Waals surface area contributed by atoms with Gasteiger partial charge in [-0.3, -0.25) is 9.78 Å². The molecule has 2 saturated carbocycles. The van der Waals surface area contributed by atoms with Crippen molar-refractivity contribution >= 4 is 33.7 Å². The number of rotatable bonds is 3. The van der Waals surface area contributed by atoms with E-state index in [-0.39, 0.29) is 33.3 Å². The minimum atomic E-state index is -0.882. The molecule has 1 amide bonds. The van der Waals surface area contributed by atoms with Crippen molar-refractivity contribution in [3.8, 4) is 0 Å². The molecule has 0 spiro atoms. The SMILES string of the molecule is N.O=C(O)CC1CCCCC1.O=C(O)NC1CCCCC1.[Pt].c1ccc2c(c1)cnc1ccccc12. The predicted octanol–water partition coefficient (Wildman–Crippen LogP) is 7.18. The second-order valence-corrected chi connectivity index (χ2v) is 9.25. The molecular formula is C28H39N3O4Pt. The zero-order valence-electron chi connectivity index (χ0n) is 20.8. The Bertz CT molecular complexity index is 982. The summed E-state index contributed by atoms with van der Waals surface area (Å²) in [5, 5.41) is 23.0. The monoisotopic (exact) mass is 676 g/mol. The van der Waals surface area contributed by atoms with Crippen LogP contribution in [0.25, 0.3) is 21.7 Å². The van der Waals surface area contributed by atoms with Gasteiger partial charge in [-0.1, -0.05) is 81.0 Å². The summed E-state index contributed by atoms with van der Waals surface area (Å²) >= 11 is 0. The van der Waals surface area contributed by atoms with E-state index in [9.17, 15) is 9.59 Å². The first-order valence-corrected chi connectivity index (χ1v) is 12.5. The number of hydrogen-bond donors (Lipinski definition) is 4. The molecule has 0 radical (unpaired) electrons. The number of carboxylic acids is 1. The molecule has 36 heavy (non-hydrogen) atoms. The van der Waals surface area contributed by atoms with Crippen molar-refractivity contribution in [2.75, 3.05) is 0 Å². The minimum absolute atomic E-state index is 0. The molecule has 2 aliphatic rings. The van der Waals surface area contributed by atoms with Gasteiger partial charge in [0.1, 0.15) is 0 Å². The second kappa shape index (κ2) is 17.0. The molecule has 8 heteroatoms. The summed E-state index contributed by atoms with van der Waals surface area (Å²) in [5.41, 5.74) is 1.06. The molecule has 5 rings (SSSR count). The van der Waals surface area contributed by atoms with Crippen LogP contribution in [0.3, 0.4) is 0 Å². The number of amides is 1. The number of benzene rings is 2. The van der Waals surface area contributed by atoms with Crippen LogP contribution in [0.15, 0.2) is 54.7 Å². The van der Waals surface area contributed by atoms with Gasteiger partial charge in [-0.2, -0.15) is 0 Å². The second-order valence-electron chi connectivity index (χ2n) is 9.25. The third-order valence-electron chi connectivity index (χ3n) is 6.62. The molecule has 0 saturated heterocycles. The van der Waals surface area contributed by atoms with Crippen LogP contribution in [-0.2, 0) is 25.9 Å². The molecule has 7 nitrogen and oxygen atoms in total. The van der Waals surface area contributed by atoms with Gasteiger partial charge >= 0.3 is 12.1 Å². The Morgan fingerprint density at radius 3 is 1.97 bits per heavy atom. The van der Waals surface area contributed by atoms with Crippen LogP contribution < -0.4 is 11.5 Å². The molecule has 1 aromatic heterocycles. The van der Waals surface area contributed by atoms with Gasteiger partial charge in [0.05, 0.1) is 5.52 Å². The topological polar surface area (TPSA) is 135 Å². The molecular weight excluding hydrogens is 637 g/mol. The van der Waals surface area contributed by atoms with Crippen LogP contribution in [0.4, 0.5) is 4.79 Å². The summed E-state index contributed by atoms with van der Waals surface area (Å²) in [6, 6.07) is 16.8.